The van der Waals surface area contributed by atoms with Crippen LogP contribution < -0.4 is 0 Å². The summed E-state index contributed by atoms with van der Waals surface area (Å²) in [6, 6.07) is 0. The summed E-state index contributed by atoms with van der Waals surface area (Å²) >= 11 is 0. The van der Waals surface area contributed by atoms with Crippen LogP contribution in [0.25, 0.3) is 0 Å². The third kappa shape index (κ3) is 3.20. The minimum absolute atomic E-state index is 0.0614. The van der Waals surface area contributed by atoms with Gasteiger partial charge in [-0.15, -0.1) is 0 Å². The molecule has 0 aromatic carbocycles. The molecule has 2 aliphatic carbocycles. The molecule has 0 aromatic rings. The van der Waals surface area contributed by atoms with E-state index in [0.29, 0.717) is 16.7 Å². The number of halogens is 6. The molecule has 2 rings (SSSR count). The zero-order chi connectivity index (χ0) is 19.2. The van der Waals surface area contributed by atoms with Gasteiger partial charge in [0.2, 0.25) is 0 Å². The van der Waals surface area contributed by atoms with E-state index >= 15 is 0 Å². The lowest BCUT2D eigenvalue weighted by Gasteiger charge is -2.45. The van der Waals surface area contributed by atoms with Gasteiger partial charge in [0, 0.05) is 5.92 Å². The van der Waals surface area contributed by atoms with Gasteiger partial charge in [-0.25, -0.2) is 0 Å². The van der Waals surface area contributed by atoms with Crippen molar-refractivity contribution in [2.24, 2.45) is 17.3 Å². The Hall–Kier alpha value is -1.46. The summed E-state index contributed by atoms with van der Waals surface area (Å²) < 4.78 is 84.3. The first kappa shape index (κ1) is 19.9. The molecule has 0 saturated carbocycles. The zero-order valence-corrected chi connectivity index (χ0v) is 14.6. The fourth-order valence-corrected chi connectivity index (χ4v) is 3.60. The lowest BCUT2D eigenvalue weighted by molar-refractivity contribution is -0.337. The number of rotatable bonds is 2. The van der Waals surface area contributed by atoms with E-state index in [0.717, 1.165) is 18.2 Å². The predicted molar refractivity (Wildman–Crippen MR) is 85.8 cm³/mol. The molecule has 140 valence electrons. The normalized spacial score (nSPS) is 25.8. The molecule has 0 aliphatic heterocycles. The van der Waals surface area contributed by atoms with Crippen molar-refractivity contribution >= 4 is 0 Å². The van der Waals surface area contributed by atoms with Crippen molar-refractivity contribution in [1.82, 2.24) is 0 Å². The largest absolute Gasteiger partial charge is 0.407 e. The van der Waals surface area contributed by atoms with Crippen LogP contribution in [0.3, 0.4) is 0 Å². The Morgan fingerprint density at radius 3 is 1.84 bits per heavy atom. The molecule has 0 saturated heterocycles. The number of allylic oxidation sites excluding steroid dienone is 8. The van der Waals surface area contributed by atoms with E-state index in [4.69, 9.17) is 0 Å². The van der Waals surface area contributed by atoms with Crippen LogP contribution in [0.2, 0.25) is 0 Å². The van der Waals surface area contributed by atoms with Gasteiger partial charge < -0.3 is 0 Å². The molecular formula is C19H22F6. The molecule has 0 bridgehead atoms. The van der Waals surface area contributed by atoms with Crippen molar-refractivity contribution in [3.63, 3.8) is 0 Å². The maximum atomic E-state index is 14.0. The first-order valence-electron chi connectivity index (χ1n) is 8.20. The van der Waals surface area contributed by atoms with Gasteiger partial charge in [-0.1, -0.05) is 47.9 Å². The van der Waals surface area contributed by atoms with Crippen molar-refractivity contribution < 1.29 is 26.3 Å². The van der Waals surface area contributed by atoms with E-state index in [-0.39, 0.29) is 18.8 Å². The summed E-state index contributed by atoms with van der Waals surface area (Å²) in [6.45, 7) is 6.62. The first-order chi connectivity index (χ1) is 11.3. The molecule has 0 N–H and O–H groups in total. The van der Waals surface area contributed by atoms with Crippen LogP contribution in [-0.2, 0) is 0 Å². The third-order valence-corrected chi connectivity index (χ3v) is 5.51. The number of hydrogen-bond acceptors (Lipinski definition) is 0. The minimum atomic E-state index is -5.45. The molecule has 2 atom stereocenters. The van der Waals surface area contributed by atoms with Crippen LogP contribution >= 0.6 is 0 Å². The second-order valence-electron chi connectivity index (χ2n) is 7.07. The molecule has 2 aliphatic rings. The standard InChI is InChI=1S/C19H22F6/c1-11-5-7-15(9-13(11)3)17(18(20,21)22,19(23,24)25)16-8-6-12(2)14(4)10-16/h5,8-10,12,15H,6-7H2,1-4H3. The van der Waals surface area contributed by atoms with E-state index in [2.05, 4.69) is 0 Å². The summed E-state index contributed by atoms with van der Waals surface area (Å²) in [5.41, 5.74) is -2.85. The summed E-state index contributed by atoms with van der Waals surface area (Å²) in [7, 11) is 0. The van der Waals surface area contributed by atoms with Gasteiger partial charge in [-0.2, -0.15) is 26.3 Å². The molecule has 0 fully saturated rings. The highest BCUT2D eigenvalue weighted by Crippen LogP contribution is 2.62. The summed E-state index contributed by atoms with van der Waals surface area (Å²) in [5, 5.41) is 0. The highest BCUT2D eigenvalue weighted by atomic mass is 19.4. The van der Waals surface area contributed by atoms with Gasteiger partial charge in [0.05, 0.1) is 0 Å². The van der Waals surface area contributed by atoms with Crippen LogP contribution in [0.15, 0.2) is 46.6 Å². The Kier molecular flexibility index (Phi) is 5.05. The molecule has 6 heteroatoms. The van der Waals surface area contributed by atoms with Crippen LogP contribution in [0.1, 0.15) is 40.5 Å². The quantitative estimate of drug-likeness (QED) is 0.466. The molecule has 0 nitrogen and oxygen atoms in total. The van der Waals surface area contributed by atoms with E-state index < -0.39 is 29.3 Å². The van der Waals surface area contributed by atoms with Gasteiger partial charge in [0.25, 0.3) is 0 Å². The Labute approximate surface area is 144 Å². The third-order valence-electron chi connectivity index (χ3n) is 5.51. The van der Waals surface area contributed by atoms with Crippen molar-refractivity contribution in [2.45, 2.75) is 52.9 Å². The van der Waals surface area contributed by atoms with Gasteiger partial charge in [-0.05, 0) is 45.1 Å². The lowest BCUT2D eigenvalue weighted by Crippen LogP contribution is -2.56. The van der Waals surface area contributed by atoms with E-state index in [1.807, 2.05) is 0 Å². The minimum Gasteiger partial charge on any atom is -0.170 e. The fourth-order valence-electron chi connectivity index (χ4n) is 3.60. The average Bonchev–Trinajstić information content (AvgIpc) is 2.44. The molecule has 0 spiro atoms. The van der Waals surface area contributed by atoms with Crippen LogP contribution in [0.4, 0.5) is 26.3 Å². The van der Waals surface area contributed by atoms with Gasteiger partial charge in [0.1, 0.15) is 0 Å². The maximum Gasteiger partial charge on any atom is 0.407 e. The van der Waals surface area contributed by atoms with Gasteiger partial charge in [0.15, 0.2) is 5.41 Å². The Morgan fingerprint density at radius 2 is 1.40 bits per heavy atom. The topological polar surface area (TPSA) is 0 Å². The zero-order valence-electron chi connectivity index (χ0n) is 14.6. The van der Waals surface area contributed by atoms with Crippen molar-refractivity contribution in [1.29, 1.82) is 0 Å². The second kappa shape index (κ2) is 6.36. The summed E-state index contributed by atoms with van der Waals surface area (Å²) in [6.07, 6.45) is -6.20. The molecule has 25 heavy (non-hydrogen) atoms. The molecule has 0 heterocycles. The summed E-state index contributed by atoms with van der Waals surface area (Å²) in [5.74, 6) is -1.77. The highest BCUT2D eigenvalue weighted by Gasteiger charge is 2.74. The maximum absolute atomic E-state index is 14.0. The average molecular weight is 364 g/mol. The monoisotopic (exact) mass is 364 g/mol. The Morgan fingerprint density at radius 1 is 0.840 bits per heavy atom. The lowest BCUT2D eigenvalue weighted by atomic mass is 9.63. The van der Waals surface area contributed by atoms with Crippen LogP contribution in [-0.4, -0.2) is 12.4 Å². The van der Waals surface area contributed by atoms with E-state index in [1.54, 1.807) is 27.7 Å². The predicted octanol–water partition coefficient (Wildman–Crippen LogP) is 6.92. The molecule has 0 amide bonds. The second-order valence-corrected chi connectivity index (χ2v) is 7.07. The fraction of sp³-hybridized carbons (Fsp3) is 0.579. The van der Waals surface area contributed by atoms with Crippen molar-refractivity contribution in [3.05, 3.63) is 46.6 Å². The van der Waals surface area contributed by atoms with Crippen LogP contribution in [0, 0.1) is 17.3 Å². The van der Waals surface area contributed by atoms with Gasteiger partial charge >= 0.3 is 12.4 Å². The van der Waals surface area contributed by atoms with Gasteiger partial charge in [-0.3, -0.25) is 0 Å². The number of hydrogen-bond donors (Lipinski definition) is 0. The van der Waals surface area contributed by atoms with E-state index in [1.165, 1.54) is 6.08 Å². The van der Waals surface area contributed by atoms with E-state index in [9.17, 15) is 26.3 Å². The Balaban J connectivity index is 2.73. The molecular weight excluding hydrogens is 342 g/mol. The number of alkyl halides is 6. The smallest absolute Gasteiger partial charge is 0.170 e. The van der Waals surface area contributed by atoms with Crippen molar-refractivity contribution in [3.8, 4) is 0 Å². The molecule has 0 radical (unpaired) electrons. The molecule has 0 aromatic heterocycles. The Bertz CT molecular complexity index is 640. The molecule has 2 unspecified atom stereocenters. The summed E-state index contributed by atoms with van der Waals surface area (Å²) in [4.78, 5) is 0. The van der Waals surface area contributed by atoms with Crippen molar-refractivity contribution in [2.75, 3.05) is 0 Å². The highest BCUT2D eigenvalue weighted by molar-refractivity contribution is 5.42. The SMILES string of the molecule is CC1=CCC(C(C2=CCC(C)C(C)=C2)(C(F)(F)F)C(F)(F)F)C=C1C. The first-order valence-corrected chi connectivity index (χ1v) is 8.20. The van der Waals surface area contributed by atoms with Crippen LogP contribution in [0.5, 0.6) is 0 Å².